The molecule has 1 saturated carbocycles. The molecule has 1 aromatic carbocycles. The molecule has 2 aromatic rings. The van der Waals surface area contributed by atoms with Crippen LogP contribution in [0, 0.1) is 0 Å². The predicted octanol–water partition coefficient (Wildman–Crippen LogP) is 3.42. The van der Waals surface area contributed by atoms with Gasteiger partial charge in [-0.2, -0.15) is 0 Å². The Kier molecular flexibility index (Phi) is 7.91. The van der Waals surface area contributed by atoms with Gasteiger partial charge in [0.1, 0.15) is 12.3 Å². The Bertz CT molecular complexity index is 954. The van der Waals surface area contributed by atoms with E-state index in [1.165, 1.54) is 37.0 Å². The molecule has 178 valence electrons. The van der Waals surface area contributed by atoms with Crippen molar-refractivity contribution >= 4 is 17.6 Å². The molecule has 33 heavy (non-hydrogen) atoms. The minimum Gasteiger partial charge on any atom is -0.494 e. The van der Waals surface area contributed by atoms with Crippen LogP contribution in [-0.4, -0.2) is 51.8 Å². The van der Waals surface area contributed by atoms with Crippen molar-refractivity contribution in [1.82, 2.24) is 20.2 Å². The van der Waals surface area contributed by atoms with Gasteiger partial charge in [0, 0.05) is 18.5 Å². The molecule has 1 fully saturated rings. The van der Waals surface area contributed by atoms with Gasteiger partial charge in [-0.1, -0.05) is 19.3 Å². The number of amides is 1. The number of carbonyl (C=O) groups is 2. The van der Waals surface area contributed by atoms with Crippen LogP contribution in [0.25, 0.3) is 0 Å². The lowest BCUT2D eigenvalue weighted by molar-refractivity contribution is -0.142. The largest absolute Gasteiger partial charge is 0.494 e. The van der Waals surface area contributed by atoms with Crippen LogP contribution in [0.4, 0.5) is 5.69 Å². The minimum atomic E-state index is -0.395. The number of rotatable bonds is 10. The maximum Gasteiger partial charge on any atom is 0.326 e. The summed E-state index contributed by atoms with van der Waals surface area (Å²) >= 11 is 0. The van der Waals surface area contributed by atoms with E-state index in [-0.39, 0.29) is 12.5 Å². The van der Waals surface area contributed by atoms with Crippen LogP contribution in [0.2, 0.25) is 0 Å². The molecule has 1 aliphatic carbocycles. The van der Waals surface area contributed by atoms with Crippen molar-refractivity contribution in [2.24, 2.45) is 0 Å². The fourth-order valence-electron chi connectivity index (χ4n) is 4.70. The van der Waals surface area contributed by atoms with Crippen molar-refractivity contribution in [1.29, 1.82) is 0 Å². The van der Waals surface area contributed by atoms with E-state index in [0.717, 1.165) is 42.1 Å². The van der Waals surface area contributed by atoms with E-state index in [1.807, 2.05) is 22.9 Å². The van der Waals surface area contributed by atoms with Crippen molar-refractivity contribution in [2.45, 2.75) is 77.2 Å². The number of aryl methyl sites for hydroxylation is 2. The summed E-state index contributed by atoms with van der Waals surface area (Å²) in [5.74, 6) is 1.31. The molecule has 9 heteroatoms. The number of benzene rings is 1. The third kappa shape index (κ3) is 5.89. The van der Waals surface area contributed by atoms with Crippen LogP contribution in [0.15, 0.2) is 18.2 Å². The van der Waals surface area contributed by atoms with Crippen LogP contribution in [0.3, 0.4) is 0 Å². The zero-order chi connectivity index (χ0) is 23.0. The zero-order valence-electron chi connectivity index (χ0n) is 19.4. The molecule has 1 aromatic heterocycles. The van der Waals surface area contributed by atoms with Gasteiger partial charge in [-0.15, -0.1) is 5.10 Å². The second-order valence-electron chi connectivity index (χ2n) is 8.71. The molecule has 2 aliphatic rings. The molecule has 0 N–H and O–H groups in total. The van der Waals surface area contributed by atoms with Crippen molar-refractivity contribution in [2.75, 3.05) is 24.7 Å². The Hall–Kier alpha value is -2.97. The molecule has 1 amide bonds. The number of anilines is 1. The normalized spacial score (nSPS) is 16.5. The molecule has 0 radical (unpaired) electrons. The summed E-state index contributed by atoms with van der Waals surface area (Å²) in [6, 6.07) is 6.15. The number of hydrogen-bond donors (Lipinski definition) is 0. The summed E-state index contributed by atoms with van der Waals surface area (Å²) < 4.78 is 13.0. The molecule has 4 rings (SSSR count). The lowest BCUT2D eigenvalue weighted by Crippen LogP contribution is -2.39. The van der Waals surface area contributed by atoms with Crippen LogP contribution in [0.1, 0.15) is 75.7 Å². The van der Waals surface area contributed by atoms with E-state index >= 15 is 0 Å². The number of nitrogens with zero attached hydrogens (tertiary/aromatic N) is 5. The van der Waals surface area contributed by atoms with Crippen molar-refractivity contribution in [3.05, 3.63) is 29.6 Å². The monoisotopic (exact) mass is 455 g/mol. The number of carbonyl (C=O) groups excluding carboxylic acids is 2. The van der Waals surface area contributed by atoms with E-state index in [4.69, 9.17) is 9.47 Å². The molecule has 1 aliphatic heterocycles. The van der Waals surface area contributed by atoms with Gasteiger partial charge in [0.05, 0.1) is 19.3 Å². The second-order valence-corrected chi connectivity index (χ2v) is 8.71. The van der Waals surface area contributed by atoms with Crippen molar-refractivity contribution in [3.8, 4) is 5.75 Å². The number of hydrogen-bond acceptors (Lipinski definition) is 7. The first kappa shape index (κ1) is 23.2. The molecule has 0 unspecified atom stereocenters. The highest BCUT2D eigenvalue weighted by Gasteiger charge is 2.27. The standard InChI is InChI=1S/C24H33N5O4/c1-2-32-24(31)17-28-21-13-12-20(16-18(21)11-14-23(28)30)33-15-7-6-10-22-25-26-27-29(22)19-8-4-3-5-9-19/h12-13,16,19H,2-11,14-15,17H2,1H3. The quantitative estimate of drug-likeness (QED) is 0.400. The SMILES string of the molecule is CCOC(=O)CN1C(=O)CCc2cc(OCCCCc3nnnn3C3CCCCC3)ccc21. The Labute approximate surface area is 194 Å². The summed E-state index contributed by atoms with van der Waals surface area (Å²) in [5.41, 5.74) is 1.78. The third-order valence-corrected chi connectivity index (χ3v) is 6.39. The highest BCUT2D eigenvalue weighted by Crippen LogP contribution is 2.31. The number of unbranched alkanes of at least 4 members (excludes halogenated alkanes) is 1. The summed E-state index contributed by atoms with van der Waals surface area (Å²) in [7, 11) is 0. The van der Waals surface area contributed by atoms with Crippen molar-refractivity contribution < 1.29 is 19.1 Å². The predicted molar refractivity (Wildman–Crippen MR) is 122 cm³/mol. The van der Waals surface area contributed by atoms with E-state index in [0.29, 0.717) is 32.1 Å². The summed E-state index contributed by atoms with van der Waals surface area (Å²) in [4.78, 5) is 25.7. The lowest BCUT2D eigenvalue weighted by atomic mass is 9.95. The first-order valence-corrected chi connectivity index (χ1v) is 12.1. The van der Waals surface area contributed by atoms with Gasteiger partial charge in [-0.25, -0.2) is 4.68 Å². The molecule has 0 saturated heterocycles. The highest BCUT2D eigenvalue weighted by molar-refractivity contribution is 6.00. The number of ether oxygens (including phenoxy) is 2. The van der Waals surface area contributed by atoms with Crippen LogP contribution >= 0.6 is 0 Å². The molecule has 0 bridgehead atoms. The average Bonchev–Trinajstić information content (AvgIpc) is 3.30. The first-order chi connectivity index (χ1) is 16.2. The maximum atomic E-state index is 12.3. The minimum absolute atomic E-state index is 0.0553. The van der Waals surface area contributed by atoms with Crippen LogP contribution in [-0.2, 0) is 27.2 Å². The molecule has 2 heterocycles. The zero-order valence-corrected chi connectivity index (χ0v) is 19.4. The number of esters is 1. The first-order valence-electron chi connectivity index (χ1n) is 12.1. The van der Waals surface area contributed by atoms with E-state index in [1.54, 1.807) is 6.92 Å². The lowest BCUT2D eigenvalue weighted by Gasteiger charge is -2.29. The highest BCUT2D eigenvalue weighted by atomic mass is 16.5. The molecular weight excluding hydrogens is 422 g/mol. The van der Waals surface area contributed by atoms with Gasteiger partial charge in [0.15, 0.2) is 5.82 Å². The Morgan fingerprint density at radius 1 is 1.15 bits per heavy atom. The smallest absolute Gasteiger partial charge is 0.326 e. The average molecular weight is 456 g/mol. The summed E-state index contributed by atoms with van der Waals surface area (Å²) in [6.45, 7) is 2.61. The van der Waals surface area contributed by atoms with Crippen molar-refractivity contribution in [3.63, 3.8) is 0 Å². The fourth-order valence-corrected chi connectivity index (χ4v) is 4.70. The van der Waals surface area contributed by atoms with E-state index in [9.17, 15) is 9.59 Å². The van der Waals surface area contributed by atoms with Gasteiger partial charge in [-0.3, -0.25) is 9.59 Å². The van der Waals surface area contributed by atoms with Gasteiger partial charge in [0.25, 0.3) is 0 Å². The van der Waals surface area contributed by atoms with E-state index < -0.39 is 5.97 Å². The molecule has 0 atom stereocenters. The third-order valence-electron chi connectivity index (χ3n) is 6.39. The van der Waals surface area contributed by atoms with Gasteiger partial charge in [-0.05, 0) is 73.2 Å². The van der Waals surface area contributed by atoms with Crippen LogP contribution in [0.5, 0.6) is 5.75 Å². The topological polar surface area (TPSA) is 99.4 Å². The molecule has 9 nitrogen and oxygen atoms in total. The number of fused-ring (bicyclic) bond motifs is 1. The van der Waals surface area contributed by atoms with E-state index in [2.05, 4.69) is 15.5 Å². The fraction of sp³-hybridized carbons (Fsp3) is 0.625. The van der Waals surface area contributed by atoms with Gasteiger partial charge in [0.2, 0.25) is 5.91 Å². The Morgan fingerprint density at radius 3 is 2.82 bits per heavy atom. The van der Waals surface area contributed by atoms with Gasteiger partial charge >= 0.3 is 5.97 Å². The van der Waals surface area contributed by atoms with Crippen LogP contribution < -0.4 is 9.64 Å². The summed E-state index contributed by atoms with van der Waals surface area (Å²) in [6.07, 6.45) is 9.91. The summed E-state index contributed by atoms with van der Waals surface area (Å²) in [5, 5.41) is 12.4. The maximum absolute atomic E-state index is 12.3. The number of aromatic nitrogens is 4. The molecular formula is C24H33N5O4. The Morgan fingerprint density at radius 2 is 2.00 bits per heavy atom. The number of tetrazole rings is 1. The molecule has 0 spiro atoms. The second kappa shape index (κ2) is 11.2. The Balaban J connectivity index is 1.26. The van der Waals surface area contributed by atoms with Gasteiger partial charge < -0.3 is 14.4 Å².